The van der Waals surface area contributed by atoms with E-state index in [1.807, 2.05) is 25.1 Å². The van der Waals surface area contributed by atoms with Crippen LogP contribution in [0.4, 0.5) is 0 Å². The number of carbonyl (C=O) groups excluding carboxylic acids is 2. The van der Waals surface area contributed by atoms with Gasteiger partial charge in [0, 0.05) is 29.4 Å². The van der Waals surface area contributed by atoms with Gasteiger partial charge >= 0.3 is 0 Å². The Balaban J connectivity index is 1.66. The lowest BCUT2D eigenvalue weighted by Crippen LogP contribution is -2.32. The van der Waals surface area contributed by atoms with E-state index in [9.17, 15) is 18.0 Å². The van der Waals surface area contributed by atoms with Gasteiger partial charge in [-0.25, -0.2) is 4.72 Å². The highest BCUT2D eigenvalue weighted by Crippen LogP contribution is 2.39. The molecule has 7 heteroatoms. The molecule has 0 saturated heterocycles. The molecule has 0 saturated carbocycles. The topological polar surface area (TPSA) is 93.5 Å². The summed E-state index contributed by atoms with van der Waals surface area (Å²) in [4.78, 5) is 24.6. The van der Waals surface area contributed by atoms with Crippen molar-refractivity contribution in [1.82, 2.24) is 4.72 Å². The van der Waals surface area contributed by atoms with E-state index in [-0.39, 0.29) is 22.9 Å². The van der Waals surface area contributed by atoms with Crippen molar-refractivity contribution in [3.05, 3.63) is 70.8 Å². The van der Waals surface area contributed by atoms with Crippen molar-refractivity contribution < 1.29 is 22.4 Å². The van der Waals surface area contributed by atoms with Crippen LogP contribution in [0.3, 0.4) is 0 Å². The predicted octanol–water partition coefficient (Wildman–Crippen LogP) is 3.71. The molecule has 1 N–H and O–H groups in total. The van der Waals surface area contributed by atoms with Gasteiger partial charge < -0.3 is 4.42 Å². The molecule has 29 heavy (non-hydrogen) atoms. The molecule has 3 aromatic rings. The van der Waals surface area contributed by atoms with Gasteiger partial charge in [-0.05, 0) is 37.1 Å². The highest BCUT2D eigenvalue weighted by molar-refractivity contribution is 7.90. The minimum absolute atomic E-state index is 0.0812. The Kier molecular flexibility index (Phi) is 4.62. The molecule has 148 valence electrons. The summed E-state index contributed by atoms with van der Waals surface area (Å²) in [6, 6.07) is 13.9. The molecule has 1 aromatic heterocycles. The van der Waals surface area contributed by atoms with E-state index in [0.29, 0.717) is 11.0 Å². The van der Waals surface area contributed by atoms with E-state index >= 15 is 0 Å². The minimum atomic E-state index is -4.20. The Morgan fingerprint density at radius 1 is 1.10 bits per heavy atom. The van der Waals surface area contributed by atoms with E-state index in [1.54, 1.807) is 30.3 Å². The molecule has 0 spiro atoms. The van der Waals surface area contributed by atoms with Gasteiger partial charge in [-0.1, -0.05) is 42.0 Å². The molecule has 1 unspecified atom stereocenters. The third kappa shape index (κ3) is 3.61. The van der Waals surface area contributed by atoms with Crippen molar-refractivity contribution in [3.8, 4) is 0 Å². The number of nitrogens with one attached hydrogen (secondary N) is 1. The summed E-state index contributed by atoms with van der Waals surface area (Å²) in [6.07, 6.45) is 1.78. The van der Waals surface area contributed by atoms with Crippen LogP contribution in [0.15, 0.2) is 63.6 Å². The van der Waals surface area contributed by atoms with Gasteiger partial charge in [0.2, 0.25) is 5.09 Å². The monoisotopic (exact) mass is 409 g/mol. The number of ketones is 1. The average molecular weight is 409 g/mol. The van der Waals surface area contributed by atoms with Crippen molar-refractivity contribution in [3.63, 3.8) is 0 Å². The fourth-order valence-corrected chi connectivity index (χ4v) is 4.57. The van der Waals surface area contributed by atoms with Gasteiger partial charge in [0.15, 0.2) is 0 Å². The smallest absolute Gasteiger partial charge is 0.297 e. The first-order valence-electron chi connectivity index (χ1n) is 9.12. The van der Waals surface area contributed by atoms with Gasteiger partial charge in [-0.2, -0.15) is 8.42 Å². The second kappa shape index (κ2) is 7.00. The molecule has 6 nitrogen and oxygen atoms in total. The van der Waals surface area contributed by atoms with Gasteiger partial charge in [0.05, 0.1) is 0 Å². The van der Waals surface area contributed by atoms with Crippen LogP contribution in [0.5, 0.6) is 0 Å². The Morgan fingerprint density at radius 2 is 1.86 bits per heavy atom. The van der Waals surface area contributed by atoms with E-state index in [2.05, 4.69) is 4.72 Å². The number of benzene rings is 2. The fraction of sp³-hybridized carbons (Fsp3) is 0.182. The average Bonchev–Trinajstić information content (AvgIpc) is 3.23. The van der Waals surface area contributed by atoms with E-state index < -0.39 is 21.8 Å². The molecule has 4 rings (SSSR count). The second-order valence-electron chi connectivity index (χ2n) is 7.23. The zero-order valence-electron chi connectivity index (χ0n) is 15.9. The Labute approximate surface area is 168 Å². The molecule has 0 bridgehead atoms. The quantitative estimate of drug-likeness (QED) is 0.693. The molecule has 1 heterocycles. The third-order valence-corrected chi connectivity index (χ3v) is 6.14. The fourth-order valence-electron chi connectivity index (χ4n) is 3.62. The summed E-state index contributed by atoms with van der Waals surface area (Å²) in [5, 5.41) is 0.292. The lowest BCUT2D eigenvalue weighted by Gasteiger charge is -2.15. The lowest BCUT2D eigenvalue weighted by atomic mass is 9.90. The van der Waals surface area contributed by atoms with Crippen LogP contribution in [-0.4, -0.2) is 20.1 Å². The van der Waals surface area contributed by atoms with E-state index in [4.69, 9.17) is 4.42 Å². The standard InChI is InChI=1S/C22H19NO5S/c1-13-7-8-17-16(9-13)11-19(18(17)10-14(2)24)22(25)23-29(26,27)21-12-15-5-3-4-6-20(15)28-21/h3-9,11-12,18H,10H2,1-2H3,(H,23,25). The minimum Gasteiger partial charge on any atom is -0.443 e. The van der Waals surface area contributed by atoms with Crippen LogP contribution in [0.1, 0.15) is 36.0 Å². The molecular formula is C22H19NO5S. The van der Waals surface area contributed by atoms with Crippen molar-refractivity contribution in [2.24, 2.45) is 0 Å². The zero-order valence-corrected chi connectivity index (χ0v) is 16.7. The number of carbonyl (C=O) groups is 2. The van der Waals surface area contributed by atoms with Crippen LogP contribution in [-0.2, 0) is 19.6 Å². The molecule has 0 radical (unpaired) electrons. The molecule has 0 fully saturated rings. The van der Waals surface area contributed by atoms with Crippen LogP contribution in [0.2, 0.25) is 0 Å². The van der Waals surface area contributed by atoms with Crippen LogP contribution < -0.4 is 4.72 Å². The Hall–Kier alpha value is -3.19. The molecule has 2 aromatic carbocycles. The first kappa shape index (κ1) is 19.1. The maximum Gasteiger partial charge on any atom is 0.297 e. The number of furan rings is 1. The summed E-state index contributed by atoms with van der Waals surface area (Å²) < 4.78 is 32.9. The van der Waals surface area contributed by atoms with Crippen LogP contribution in [0.25, 0.3) is 17.0 Å². The number of para-hydroxylation sites is 1. The number of fused-ring (bicyclic) bond motifs is 2. The Bertz CT molecular complexity index is 1250. The van der Waals surface area contributed by atoms with E-state index in [1.165, 1.54) is 13.0 Å². The predicted molar refractivity (Wildman–Crippen MR) is 109 cm³/mol. The number of rotatable bonds is 5. The summed E-state index contributed by atoms with van der Waals surface area (Å²) in [5.74, 6) is -1.32. The van der Waals surface area contributed by atoms with Gasteiger partial charge in [0.1, 0.15) is 11.4 Å². The second-order valence-corrected chi connectivity index (χ2v) is 8.84. The molecule has 1 atom stereocenters. The normalized spacial score (nSPS) is 15.8. The van der Waals surface area contributed by atoms with Crippen LogP contribution in [0, 0.1) is 6.92 Å². The van der Waals surface area contributed by atoms with Crippen molar-refractivity contribution in [2.45, 2.75) is 31.3 Å². The number of hydrogen-bond acceptors (Lipinski definition) is 5. The summed E-state index contributed by atoms with van der Waals surface area (Å²) in [7, 11) is -4.20. The summed E-state index contributed by atoms with van der Waals surface area (Å²) in [5.41, 5.74) is 3.34. The zero-order chi connectivity index (χ0) is 20.8. The maximum atomic E-state index is 12.9. The number of Topliss-reactive ketones (excluding diaryl/α,β-unsaturated/α-hetero) is 1. The highest BCUT2D eigenvalue weighted by atomic mass is 32.2. The largest absolute Gasteiger partial charge is 0.443 e. The summed E-state index contributed by atoms with van der Waals surface area (Å²) in [6.45, 7) is 3.38. The maximum absolute atomic E-state index is 12.9. The number of sulfonamides is 1. The molecule has 1 aliphatic rings. The molecule has 1 amide bonds. The first-order valence-corrected chi connectivity index (χ1v) is 10.6. The van der Waals surface area contributed by atoms with Gasteiger partial charge in [0.25, 0.3) is 15.9 Å². The lowest BCUT2D eigenvalue weighted by molar-refractivity contribution is -0.117. The van der Waals surface area contributed by atoms with Crippen molar-refractivity contribution in [2.75, 3.05) is 0 Å². The third-order valence-electron chi connectivity index (χ3n) is 4.95. The molecular weight excluding hydrogens is 390 g/mol. The first-order chi connectivity index (χ1) is 13.7. The molecule has 0 aliphatic heterocycles. The highest BCUT2D eigenvalue weighted by Gasteiger charge is 2.33. The summed E-state index contributed by atoms with van der Waals surface area (Å²) >= 11 is 0. The Morgan fingerprint density at radius 3 is 2.59 bits per heavy atom. The number of hydrogen-bond donors (Lipinski definition) is 1. The van der Waals surface area contributed by atoms with Crippen molar-refractivity contribution >= 4 is 38.8 Å². The number of aryl methyl sites for hydroxylation is 1. The SMILES string of the molecule is CC(=O)CC1C(C(=O)NS(=O)(=O)c2cc3ccccc3o2)=Cc2cc(C)ccc21. The van der Waals surface area contributed by atoms with E-state index in [0.717, 1.165) is 16.7 Å². The van der Waals surface area contributed by atoms with Crippen LogP contribution >= 0.6 is 0 Å². The van der Waals surface area contributed by atoms with Gasteiger partial charge in [-0.15, -0.1) is 0 Å². The number of amides is 1. The van der Waals surface area contributed by atoms with Crippen molar-refractivity contribution in [1.29, 1.82) is 0 Å². The molecule has 1 aliphatic carbocycles. The van der Waals surface area contributed by atoms with Gasteiger partial charge in [-0.3, -0.25) is 9.59 Å².